The normalized spacial score (nSPS) is 22.7. The lowest BCUT2D eigenvalue weighted by atomic mass is 9.93. The summed E-state index contributed by atoms with van der Waals surface area (Å²) in [5, 5.41) is 20.0. The Labute approximate surface area is 133 Å². The number of aromatic nitrogens is 2. The highest BCUT2D eigenvalue weighted by molar-refractivity contribution is 7.91. The number of carbonyl (C=O) groups is 1. The smallest absolute Gasteiger partial charge is 0.272 e. The predicted molar refractivity (Wildman–Crippen MR) is 82.0 cm³/mol. The number of carbonyl (C=O) groups excluding carboxylic acids is 1. The van der Waals surface area contributed by atoms with Crippen molar-refractivity contribution in [1.82, 2.24) is 14.5 Å². The van der Waals surface area contributed by atoms with Crippen molar-refractivity contribution in [3.63, 3.8) is 0 Å². The minimum atomic E-state index is -3.83. The Morgan fingerprint density at radius 2 is 2.09 bits per heavy atom. The summed E-state index contributed by atoms with van der Waals surface area (Å²) in [6.07, 6.45) is 2.61. The molecule has 1 saturated carbocycles. The van der Waals surface area contributed by atoms with E-state index < -0.39 is 22.2 Å². The van der Waals surface area contributed by atoms with Crippen LogP contribution in [-0.2, 0) is 14.8 Å². The fourth-order valence-corrected chi connectivity index (χ4v) is 4.89. The third kappa shape index (κ3) is 3.62. The van der Waals surface area contributed by atoms with E-state index in [1.165, 1.54) is 11.4 Å². The highest BCUT2D eigenvalue weighted by Gasteiger charge is 2.36. The van der Waals surface area contributed by atoms with E-state index in [0.29, 0.717) is 12.8 Å². The van der Waals surface area contributed by atoms with Crippen LogP contribution < -0.4 is 5.32 Å². The average Bonchev–Trinajstić information content (AvgIpc) is 2.96. The highest BCUT2D eigenvalue weighted by Crippen LogP contribution is 2.29. The molecule has 2 rings (SSSR count). The van der Waals surface area contributed by atoms with Gasteiger partial charge in [-0.3, -0.25) is 4.79 Å². The fourth-order valence-electron chi connectivity index (χ4n) is 2.39. The summed E-state index contributed by atoms with van der Waals surface area (Å²) in [6.45, 7) is 1.69. The molecule has 8 nitrogen and oxygen atoms in total. The Hall–Kier alpha value is -1.10. The number of hydrogen-bond donors (Lipinski definition) is 2. The molecule has 0 unspecified atom stereocenters. The van der Waals surface area contributed by atoms with Crippen molar-refractivity contribution < 1.29 is 18.3 Å². The van der Waals surface area contributed by atoms with Gasteiger partial charge in [-0.05, 0) is 12.8 Å². The molecule has 0 aromatic carbocycles. The van der Waals surface area contributed by atoms with Gasteiger partial charge in [0.2, 0.25) is 15.4 Å². The highest BCUT2D eigenvalue weighted by atomic mass is 32.2. The standard InChI is InChI=1S/C12H20N4O4S2/c1-3-10(18)13-11-14-15-12(21-11)22(19,20)16(2)8-6-4-5-7-9(8)17/h8-9,17H,3-7H2,1-2H3,(H,13,14,18)/t8-,9+/m0/s1. The van der Waals surface area contributed by atoms with Crippen LogP contribution in [-0.4, -0.2) is 53.1 Å². The summed E-state index contributed by atoms with van der Waals surface area (Å²) in [7, 11) is -2.38. The lowest BCUT2D eigenvalue weighted by molar-refractivity contribution is -0.115. The first kappa shape index (κ1) is 17.3. The minimum Gasteiger partial charge on any atom is -0.391 e. The van der Waals surface area contributed by atoms with Gasteiger partial charge >= 0.3 is 0 Å². The largest absolute Gasteiger partial charge is 0.391 e. The zero-order valence-corrected chi connectivity index (χ0v) is 14.2. The number of likely N-dealkylation sites (N-methyl/N-ethyl adjacent to an activating group) is 1. The lowest BCUT2D eigenvalue weighted by Crippen LogP contribution is -2.46. The molecule has 1 fully saturated rings. The number of anilines is 1. The summed E-state index contributed by atoms with van der Waals surface area (Å²) >= 11 is 0.812. The monoisotopic (exact) mass is 348 g/mol. The van der Waals surface area contributed by atoms with Crippen LogP contribution in [0.2, 0.25) is 0 Å². The number of sulfonamides is 1. The van der Waals surface area contributed by atoms with Gasteiger partial charge in [0.1, 0.15) is 0 Å². The van der Waals surface area contributed by atoms with E-state index in [0.717, 1.165) is 24.2 Å². The van der Waals surface area contributed by atoms with Gasteiger partial charge in [-0.2, -0.15) is 4.31 Å². The second kappa shape index (κ2) is 6.99. The van der Waals surface area contributed by atoms with E-state index in [1.54, 1.807) is 6.92 Å². The molecule has 0 bridgehead atoms. The van der Waals surface area contributed by atoms with Crippen molar-refractivity contribution in [2.45, 2.75) is 55.5 Å². The first-order valence-corrected chi connectivity index (χ1v) is 9.41. The van der Waals surface area contributed by atoms with E-state index in [4.69, 9.17) is 0 Å². The third-order valence-electron chi connectivity index (χ3n) is 3.73. The van der Waals surface area contributed by atoms with Gasteiger partial charge in [0.05, 0.1) is 12.1 Å². The number of hydrogen-bond acceptors (Lipinski definition) is 7. The van der Waals surface area contributed by atoms with Crippen molar-refractivity contribution in [3.8, 4) is 0 Å². The molecule has 22 heavy (non-hydrogen) atoms. The zero-order chi connectivity index (χ0) is 16.3. The molecule has 1 aromatic heterocycles. The summed E-state index contributed by atoms with van der Waals surface area (Å²) in [5.41, 5.74) is 0. The third-order valence-corrected chi connectivity index (χ3v) is 6.80. The molecule has 1 amide bonds. The van der Waals surface area contributed by atoms with Crippen molar-refractivity contribution in [2.75, 3.05) is 12.4 Å². The Morgan fingerprint density at radius 1 is 1.41 bits per heavy atom. The SMILES string of the molecule is CCC(=O)Nc1nnc(S(=O)(=O)N(C)[C@H]2CCCC[C@H]2O)s1. The zero-order valence-electron chi connectivity index (χ0n) is 12.5. The van der Waals surface area contributed by atoms with Crippen LogP contribution in [0.4, 0.5) is 5.13 Å². The summed E-state index contributed by atoms with van der Waals surface area (Å²) in [5.74, 6) is -0.254. The van der Waals surface area contributed by atoms with Gasteiger partial charge < -0.3 is 10.4 Å². The van der Waals surface area contributed by atoms with Gasteiger partial charge in [-0.15, -0.1) is 10.2 Å². The van der Waals surface area contributed by atoms with Crippen LogP contribution in [0.15, 0.2) is 4.34 Å². The fraction of sp³-hybridized carbons (Fsp3) is 0.750. The molecule has 1 aliphatic carbocycles. The second-order valence-corrected chi connectivity index (χ2v) is 8.36. The van der Waals surface area contributed by atoms with Gasteiger partial charge in [0.15, 0.2) is 0 Å². The Balaban J connectivity index is 2.17. The summed E-state index contributed by atoms with van der Waals surface area (Å²) < 4.78 is 26.1. The van der Waals surface area contributed by atoms with Gasteiger partial charge in [-0.1, -0.05) is 31.1 Å². The van der Waals surface area contributed by atoms with Crippen LogP contribution >= 0.6 is 11.3 Å². The van der Waals surface area contributed by atoms with Crippen molar-refractivity contribution in [2.24, 2.45) is 0 Å². The maximum absolute atomic E-state index is 12.6. The van der Waals surface area contributed by atoms with E-state index in [9.17, 15) is 18.3 Å². The molecule has 10 heteroatoms. The van der Waals surface area contributed by atoms with Crippen LogP contribution in [0.5, 0.6) is 0 Å². The maximum Gasteiger partial charge on any atom is 0.272 e. The molecule has 1 aromatic rings. The topological polar surface area (TPSA) is 112 Å². The molecule has 1 heterocycles. The van der Waals surface area contributed by atoms with Crippen LogP contribution in [0.3, 0.4) is 0 Å². The van der Waals surface area contributed by atoms with E-state index >= 15 is 0 Å². The quantitative estimate of drug-likeness (QED) is 0.762. The average molecular weight is 348 g/mol. The minimum absolute atomic E-state index is 0.156. The van der Waals surface area contributed by atoms with Gasteiger partial charge in [0.25, 0.3) is 10.0 Å². The van der Waals surface area contributed by atoms with E-state index in [1.807, 2.05) is 0 Å². The number of nitrogens with zero attached hydrogens (tertiary/aromatic N) is 3. The van der Waals surface area contributed by atoms with Crippen LogP contribution in [0.1, 0.15) is 39.0 Å². The molecule has 2 atom stereocenters. The molecular weight excluding hydrogens is 328 g/mol. The first-order valence-electron chi connectivity index (χ1n) is 7.15. The Morgan fingerprint density at radius 3 is 2.73 bits per heavy atom. The summed E-state index contributed by atoms with van der Waals surface area (Å²) in [6, 6.07) is -0.448. The number of nitrogens with one attached hydrogen (secondary N) is 1. The van der Waals surface area contributed by atoms with E-state index in [-0.39, 0.29) is 21.8 Å². The molecule has 124 valence electrons. The Bertz CT molecular complexity index is 631. The molecule has 0 radical (unpaired) electrons. The molecule has 1 aliphatic rings. The molecule has 0 spiro atoms. The molecule has 2 N–H and O–H groups in total. The number of amides is 1. The molecular formula is C12H20N4O4S2. The van der Waals surface area contributed by atoms with Gasteiger partial charge in [0, 0.05) is 13.5 Å². The second-order valence-electron chi connectivity index (χ2n) is 5.22. The van der Waals surface area contributed by atoms with E-state index in [2.05, 4.69) is 15.5 Å². The van der Waals surface area contributed by atoms with Crippen LogP contribution in [0.25, 0.3) is 0 Å². The number of rotatable bonds is 5. The molecule has 0 aliphatic heterocycles. The van der Waals surface area contributed by atoms with Crippen molar-refractivity contribution in [3.05, 3.63) is 0 Å². The number of aliphatic hydroxyl groups excluding tert-OH is 1. The number of aliphatic hydroxyl groups is 1. The maximum atomic E-state index is 12.6. The first-order chi connectivity index (χ1) is 10.4. The van der Waals surface area contributed by atoms with Crippen LogP contribution in [0, 0.1) is 0 Å². The van der Waals surface area contributed by atoms with Gasteiger partial charge in [-0.25, -0.2) is 8.42 Å². The Kier molecular flexibility index (Phi) is 5.48. The van der Waals surface area contributed by atoms with Crippen molar-refractivity contribution >= 4 is 32.4 Å². The summed E-state index contributed by atoms with van der Waals surface area (Å²) in [4.78, 5) is 11.3. The predicted octanol–water partition coefficient (Wildman–Crippen LogP) is 0.811. The van der Waals surface area contributed by atoms with Crippen molar-refractivity contribution in [1.29, 1.82) is 0 Å². The lowest BCUT2D eigenvalue weighted by Gasteiger charge is -2.33. The molecule has 0 saturated heterocycles.